The van der Waals surface area contributed by atoms with E-state index in [1.807, 2.05) is 0 Å². The Labute approximate surface area is 123 Å². The maximum absolute atomic E-state index is 12.3. The molecule has 3 heterocycles. The normalized spacial score (nSPS) is 16.1. The summed E-state index contributed by atoms with van der Waals surface area (Å²) in [7, 11) is 0. The smallest absolute Gasteiger partial charge is 0.298 e. The molecule has 0 bridgehead atoms. The summed E-state index contributed by atoms with van der Waals surface area (Å²) in [6.45, 7) is 0.0164. The molecule has 0 spiro atoms. The van der Waals surface area contributed by atoms with Crippen molar-refractivity contribution >= 4 is 29.2 Å². The number of fused-ring (bicyclic) bond motifs is 2. The number of Topliss-reactive ketones (excluding diaryl/α,β-unsaturated/α-hetero) is 1. The Hall–Kier alpha value is -3.22. The van der Waals surface area contributed by atoms with Crippen LogP contribution >= 0.6 is 0 Å². The SMILES string of the molecule is O=C1Nc2cc(CN3C(=O)c4ccccc4C3=O)[nH]c2C1=O. The third-order valence-corrected chi connectivity index (χ3v) is 3.76. The molecule has 3 amide bonds. The maximum Gasteiger partial charge on any atom is 0.298 e. The predicted molar refractivity (Wildman–Crippen MR) is 74.4 cm³/mol. The summed E-state index contributed by atoms with van der Waals surface area (Å²) < 4.78 is 0. The van der Waals surface area contributed by atoms with Gasteiger partial charge in [-0.3, -0.25) is 24.1 Å². The number of anilines is 1. The molecule has 0 fully saturated rings. The number of amides is 3. The Morgan fingerprint density at radius 1 is 0.955 bits per heavy atom. The van der Waals surface area contributed by atoms with E-state index in [0.29, 0.717) is 22.5 Å². The summed E-state index contributed by atoms with van der Waals surface area (Å²) in [5, 5.41) is 2.42. The van der Waals surface area contributed by atoms with Gasteiger partial charge in [0.2, 0.25) is 0 Å². The molecule has 2 aliphatic rings. The number of aromatic nitrogens is 1. The van der Waals surface area contributed by atoms with Crippen LogP contribution in [-0.4, -0.2) is 33.4 Å². The van der Waals surface area contributed by atoms with Crippen LogP contribution in [0.15, 0.2) is 30.3 Å². The Balaban J connectivity index is 1.64. The number of hydrogen-bond acceptors (Lipinski definition) is 4. The number of aromatic amines is 1. The fraction of sp³-hybridized carbons (Fsp3) is 0.0667. The molecule has 2 N–H and O–H groups in total. The first-order valence-electron chi connectivity index (χ1n) is 6.59. The molecule has 4 rings (SSSR count). The van der Waals surface area contributed by atoms with Gasteiger partial charge in [0, 0.05) is 5.69 Å². The molecule has 0 radical (unpaired) electrons. The summed E-state index contributed by atoms with van der Waals surface area (Å²) in [6, 6.07) is 8.17. The van der Waals surface area contributed by atoms with E-state index in [2.05, 4.69) is 10.3 Å². The van der Waals surface area contributed by atoms with Gasteiger partial charge in [-0.05, 0) is 18.2 Å². The van der Waals surface area contributed by atoms with Crippen molar-refractivity contribution in [3.05, 3.63) is 52.8 Å². The molecule has 0 saturated heterocycles. The Bertz CT molecular complexity index is 846. The molecule has 7 nitrogen and oxygen atoms in total. The third-order valence-electron chi connectivity index (χ3n) is 3.76. The number of ketones is 1. The van der Waals surface area contributed by atoms with E-state index in [-0.39, 0.29) is 24.1 Å². The van der Waals surface area contributed by atoms with Crippen molar-refractivity contribution in [3.63, 3.8) is 0 Å². The highest BCUT2D eigenvalue weighted by molar-refractivity contribution is 6.51. The predicted octanol–water partition coefficient (Wildman–Crippen LogP) is 0.946. The lowest BCUT2D eigenvalue weighted by atomic mass is 10.1. The van der Waals surface area contributed by atoms with E-state index in [9.17, 15) is 19.2 Å². The minimum absolute atomic E-state index is 0.0164. The largest absolute Gasteiger partial charge is 0.352 e. The van der Waals surface area contributed by atoms with E-state index in [1.54, 1.807) is 30.3 Å². The second-order valence-electron chi connectivity index (χ2n) is 5.11. The van der Waals surface area contributed by atoms with Crippen LogP contribution in [0.2, 0.25) is 0 Å². The highest BCUT2D eigenvalue weighted by Gasteiger charge is 2.36. The average molecular weight is 295 g/mol. The Morgan fingerprint density at radius 2 is 1.59 bits per heavy atom. The van der Waals surface area contributed by atoms with Crippen LogP contribution in [0, 0.1) is 0 Å². The van der Waals surface area contributed by atoms with E-state index in [4.69, 9.17) is 0 Å². The number of carbonyl (C=O) groups is 4. The zero-order chi connectivity index (χ0) is 15.4. The van der Waals surface area contributed by atoms with E-state index in [1.165, 1.54) is 0 Å². The molecule has 0 atom stereocenters. The van der Waals surface area contributed by atoms with Crippen LogP contribution in [0.25, 0.3) is 0 Å². The van der Waals surface area contributed by atoms with E-state index in [0.717, 1.165) is 4.90 Å². The summed E-state index contributed by atoms with van der Waals surface area (Å²) in [5.74, 6) is -2.08. The number of hydrogen-bond donors (Lipinski definition) is 2. The molecule has 2 aromatic rings. The van der Waals surface area contributed by atoms with Crippen LogP contribution in [0.4, 0.5) is 5.69 Å². The third kappa shape index (κ3) is 1.56. The monoisotopic (exact) mass is 295 g/mol. The van der Waals surface area contributed by atoms with E-state index >= 15 is 0 Å². The van der Waals surface area contributed by atoms with Crippen molar-refractivity contribution in [2.24, 2.45) is 0 Å². The van der Waals surface area contributed by atoms with Crippen molar-refractivity contribution in [2.75, 3.05) is 5.32 Å². The van der Waals surface area contributed by atoms with Crippen molar-refractivity contribution in [3.8, 4) is 0 Å². The molecule has 0 saturated carbocycles. The zero-order valence-corrected chi connectivity index (χ0v) is 11.2. The van der Waals surface area contributed by atoms with Gasteiger partial charge in [-0.25, -0.2) is 0 Å². The first kappa shape index (κ1) is 12.5. The summed E-state index contributed by atoms with van der Waals surface area (Å²) in [6.07, 6.45) is 0. The van der Waals surface area contributed by atoms with E-state index < -0.39 is 11.7 Å². The number of rotatable bonds is 2. The Kier molecular flexibility index (Phi) is 2.35. The van der Waals surface area contributed by atoms with Crippen molar-refractivity contribution in [1.82, 2.24) is 9.88 Å². The lowest BCUT2D eigenvalue weighted by Gasteiger charge is -2.12. The van der Waals surface area contributed by atoms with Gasteiger partial charge in [-0.15, -0.1) is 0 Å². The molecule has 0 unspecified atom stereocenters. The van der Waals surface area contributed by atoms with Gasteiger partial charge < -0.3 is 10.3 Å². The number of nitrogens with zero attached hydrogens (tertiary/aromatic N) is 1. The lowest BCUT2D eigenvalue weighted by molar-refractivity contribution is -0.112. The van der Waals surface area contributed by atoms with Crippen LogP contribution in [0.1, 0.15) is 36.9 Å². The van der Waals surface area contributed by atoms with Crippen LogP contribution in [0.5, 0.6) is 0 Å². The molecule has 2 aliphatic heterocycles. The fourth-order valence-electron chi connectivity index (χ4n) is 2.72. The summed E-state index contributed by atoms with van der Waals surface area (Å²) in [5.41, 5.74) is 1.79. The molecule has 1 aromatic heterocycles. The average Bonchev–Trinajstić information content (AvgIpc) is 3.10. The van der Waals surface area contributed by atoms with Crippen LogP contribution in [0.3, 0.4) is 0 Å². The number of benzene rings is 1. The fourth-order valence-corrected chi connectivity index (χ4v) is 2.72. The number of carbonyl (C=O) groups excluding carboxylic acids is 4. The number of H-pyrrole nitrogens is 1. The first-order chi connectivity index (χ1) is 10.6. The molecule has 0 aliphatic carbocycles. The second-order valence-corrected chi connectivity index (χ2v) is 5.11. The number of nitrogens with one attached hydrogen (secondary N) is 2. The molecule has 1 aromatic carbocycles. The minimum Gasteiger partial charge on any atom is -0.352 e. The first-order valence-corrected chi connectivity index (χ1v) is 6.59. The highest BCUT2D eigenvalue weighted by atomic mass is 16.2. The van der Waals surface area contributed by atoms with Gasteiger partial charge in [0.1, 0.15) is 5.69 Å². The van der Waals surface area contributed by atoms with Gasteiger partial charge >= 0.3 is 0 Å². The second kappa shape index (κ2) is 4.14. The van der Waals surface area contributed by atoms with Crippen LogP contribution < -0.4 is 5.32 Å². The number of imide groups is 1. The maximum atomic E-state index is 12.3. The van der Waals surface area contributed by atoms with Gasteiger partial charge in [0.05, 0.1) is 23.4 Å². The lowest BCUT2D eigenvalue weighted by Crippen LogP contribution is -2.29. The standard InChI is InChI=1S/C15H9N3O4/c19-12-11-10(17-13(12)20)5-7(16-11)6-18-14(21)8-3-1-2-4-9(8)15(18)22/h1-5,16H,6H2,(H,17,19,20). The quantitative estimate of drug-likeness (QED) is 0.636. The van der Waals surface area contributed by atoms with Crippen LogP contribution in [-0.2, 0) is 11.3 Å². The van der Waals surface area contributed by atoms with Crippen molar-refractivity contribution in [1.29, 1.82) is 0 Å². The van der Waals surface area contributed by atoms with Crippen molar-refractivity contribution in [2.45, 2.75) is 6.54 Å². The van der Waals surface area contributed by atoms with Gasteiger partial charge in [-0.2, -0.15) is 0 Å². The molecule has 7 heteroatoms. The van der Waals surface area contributed by atoms with Crippen molar-refractivity contribution < 1.29 is 19.2 Å². The minimum atomic E-state index is -0.687. The molecular weight excluding hydrogens is 286 g/mol. The molecule has 108 valence electrons. The highest BCUT2D eigenvalue weighted by Crippen LogP contribution is 2.27. The zero-order valence-electron chi connectivity index (χ0n) is 11.2. The van der Waals surface area contributed by atoms with Gasteiger partial charge in [0.15, 0.2) is 0 Å². The Morgan fingerprint density at radius 3 is 2.18 bits per heavy atom. The molecular formula is C15H9N3O4. The summed E-state index contributed by atoms with van der Waals surface area (Å²) in [4.78, 5) is 51.2. The summed E-state index contributed by atoms with van der Waals surface area (Å²) >= 11 is 0. The molecule has 22 heavy (non-hydrogen) atoms. The topological polar surface area (TPSA) is 99.3 Å². The van der Waals surface area contributed by atoms with Gasteiger partial charge in [-0.1, -0.05) is 12.1 Å². The van der Waals surface area contributed by atoms with Gasteiger partial charge in [0.25, 0.3) is 23.5 Å².